The highest BCUT2D eigenvalue weighted by Crippen LogP contribution is 2.25. The molecule has 5 nitrogen and oxygen atoms in total. The van der Waals surface area contributed by atoms with E-state index < -0.39 is 0 Å². The van der Waals surface area contributed by atoms with Crippen molar-refractivity contribution in [1.29, 1.82) is 0 Å². The van der Waals surface area contributed by atoms with Crippen LogP contribution >= 0.6 is 0 Å². The number of rotatable bonds is 2. The number of amides is 1. The van der Waals surface area contributed by atoms with Crippen molar-refractivity contribution in [3.8, 4) is 0 Å². The summed E-state index contributed by atoms with van der Waals surface area (Å²) in [6, 6.07) is 8.22. The molecule has 0 bridgehead atoms. The molecule has 116 valence electrons. The van der Waals surface area contributed by atoms with Gasteiger partial charge in [-0.2, -0.15) is 0 Å². The van der Waals surface area contributed by atoms with E-state index in [9.17, 15) is 4.79 Å². The van der Waals surface area contributed by atoms with Gasteiger partial charge in [-0.25, -0.2) is 4.68 Å². The largest absolute Gasteiger partial charge is 0.336 e. The minimum Gasteiger partial charge on any atom is -0.336 e. The molecule has 1 aliphatic rings. The molecule has 1 fully saturated rings. The van der Waals surface area contributed by atoms with Crippen LogP contribution in [0.1, 0.15) is 49.2 Å². The van der Waals surface area contributed by atoms with Crippen molar-refractivity contribution in [2.24, 2.45) is 0 Å². The number of hydrogen-bond acceptors (Lipinski definition) is 3. The lowest BCUT2D eigenvalue weighted by molar-refractivity contribution is 0.0787. The van der Waals surface area contributed by atoms with Gasteiger partial charge in [-0.15, -0.1) is 5.10 Å². The molecule has 2 aromatic rings. The zero-order valence-corrected chi connectivity index (χ0v) is 13.4. The number of carbonyl (C=O) groups excluding carboxylic acids is 1. The average Bonchev–Trinajstić information content (AvgIpc) is 3.16. The maximum atomic E-state index is 12.6. The predicted octanol–water partition coefficient (Wildman–Crippen LogP) is 2.66. The van der Waals surface area contributed by atoms with E-state index in [1.807, 2.05) is 27.9 Å². The third kappa shape index (κ3) is 2.89. The summed E-state index contributed by atoms with van der Waals surface area (Å²) < 4.78 is 1.84. The minimum atomic E-state index is 0.100. The van der Waals surface area contributed by atoms with E-state index in [1.54, 1.807) is 6.20 Å². The number of hydrogen-bond donors (Lipinski definition) is 0. The second-order valence-corrected chi connectivity index (χ2v) is 6.90. The van der Waals surface area contributed by atoms with Crippen molar-refractivity contribution in [2.75, 3.05) is 13.1 Å². The number of carbonyl (C=O) groups is 1. The zero-order valence-electron chi connectivity index (χ0n) is 13.4. The fourth-order valence-electron chi connectivity index (χ4n) is 2.85. The molecule has 22 heavy (non-hydrogen) atoms. The predicted molar refractivity (Wildman–Crippen MR) is 84.7 cm³/mol. The maximum Gasteiger partial charge on any atom is 0.253 e. The summed E-state index contributed by atoms with van der Waals surface area (Å²) in [5, 5.41) is 7.87. The average molecular weight is 298 g/mol. The molecule has 5 heteroatoms. The minimum absolute atomic E-state index is 0.100. The van der Waals surface area contributed by atoms with Crippen LogP contribution in [-0.4, -0.2) is 38.9 Å². The summed E-state index contributed by atoms with van der Waals surface area (Å²) >= 11 is 0. The molecule has 1 aromatic heterocycles. The van der Waals surface area contributed by atoms with Gasteiger partial charge in [-0.3, -0.25) is 4.79 Å². The van der Waals surface area contributed by atoms with Crippen LogP contribution in [0.4, 0.5) is 0 Å². The second-order valence-electron chi connectivity index (χ2n) is 6.90. The van der Waals surface area contributed by atoms with Crippen LogP contribution in [0.15, 0.2) is 36.7 Å². The van der Waals surface area contributed by atoms with Crippen LogP contribution in [0.5, 0.6) is 0 Å². The SMILES string of the molecule is CC(C)(C)c1ccc(C(=O)N2CC[C@H](n3ccnn3)C2)cc1. The fraction of sp³-hybridized carbons (Fsp3) is 0.471. The number of aromatic nitrogens is 3. The van der Waals surface area contributed by atoms with Crippen LogP contribution < -0.4 is 0 Å². The summed E-state index contributed by atoms with van der Waals surface area (Å²) in [5.74, 6) is 0.100. The standard InChI is InChI=1S/C17H22N4O/c1-17(2,3)14-6-4-13(5-7-14)16(22)20-10-8-15(12-20)21-11-9-18-19-21/h4-7,9,11,15H,8,10,12H2,1-3H3/t15-/m0/s1. The molecular formula is C17H22N4O. The van der Waals surface area contributed by atoms with Crippen molar-refractivity contribution >= 4 is 5.91 Å². The van der Waals surface area contributed by atoms with Crippen molar-refractivity contribution in [3.63, 3.8) is 0 Å². The van der Waals surface area contributed by atoms with Crippen molar-refractivity contribution in [2.45, 2.75) is 38.6 Å². The van der Waals surface area contributed by atoms with Gasteiger partial charge >= 0.3 is 0 Å². The molecule has 0 spiro atoms. The fourth-order valence-corrected chi connectivity index (χ4v) is 2.85. The molecule has 1 atom stereocenters. The van der Waals surface area contributed by atoms with Gasteiger partial charge in [0, 0.05) is 24.8 Å². The van der Waals surface area contributed by atoms with Crippen LogP contribution in [0.25, 0.3) is 0 Å². The van der Waals surface area contributed by atoms with Gasteiger partial charge in [0.05, 0.1) is 12.2 Å². The zero-order chi connectivity index (χ0) is 15.7. The topological polar surface area (TPSA) is 51.0 Å². The Morgan fingerprint density at radius 3 is 2.55 bits per heavy atom. The van der Waals surface area contributed by atoms with Crippen LogP contribution in [0, 0.1) is 0 Å². The van der Waals surface area contributed by atoms with E-state index in [1.165, 1.54) is 5.56 Å². The Balaban J connectivity index is 1.70. The molecule has 1 aliphatic heterocycles. The molecule has 0 radical (unpaired) electrons. The highest BCUT2D eigenvalue weighted by molar-refractivity contribution is 5.94. The van der Waals surface area contributed by atoms with Gasteiger partial charge in [0.2, 0.25) is 0 Å². The highest BCUT2D eigenvalue weighted by atomic mass is 16.2. The quantitative estimate of drug-likeness (QED) is 0.856. The van der Waals surface area contributed by atoms with Crippen molar-refractivity contribution < 1.29 is 4.79 Å². The first kappa shape index (κ1) is 14.8. The Morgan fingerprint density at radius 1 is 1.23 bits per heavy atom. The lowest BCUT2D eigenvalue weighted by atomic mass is 9.86. The molecule has 0 N–H and O–H groups in total. The lowest BCUT2D eigenvalue weighted by Crippen LogP contribution is -2.29. The Bertz CT molecular complexity index is 640. The molecule has 0 unspecified atom stereocenters. The van der Waals surface area contributed by atoms with E-state index in [0.717, 1.165) is 18.5 Å². The Labute approximate surface area is 130 Å². The lowest BCUT2D eigenvalue weighted by Gasteiger charge is -2.20. The Hall–Kier alpha value is -2.17. The molecule has 1 saturated heterocycles. The van der Waals surface area contributed by atoms with Gasteiger partial charge in [0.1, 0.15) is 0 Å². The summed E-state index contributed by atoms with van der Waals surface area (Å²) in [6.07, 6.45) is 4.46. The van der Waals surface area contributed by atoms with E-state index >= 15 is 0 Å². The summed E-state index contributed by atoms with van der Waals surface area (Å²) in [5.41, 5.74) is 2.10. The molecule has 1 aromatic carbocycles. The number of likely N-dealkylation sites (tertiary alicyclic amines) is 1. The van der Waals surface area contributed by atoms with Gasteiger partial charge in [0.15, 0.2) is 0 Å². The van der Waals surface area contributed by atoms with E-state index in [2.05, 4.69) is 43.2 Å². The monoisotopic (exact) mass is 298 g/mol. The summed E-state index contributed by atoms with van der Waals surface area (Å²) in [4.78, 5) is 14.5. The van der Waals surface area contributed by atoms with Gasteiger partial charge in [-0.05, 0) is 29.5 Å². The summed E-state index contributed by atoms with van der Waals surface area (Å²) in [7, 11) is 0. The van der Waals surface area contributed by atoms with Crippen LogP contribution in [0.3, 0.4) is 0 Å². The van der Waals surface area contributed by atoms with Crippen molar-refractivity contribution in [1.82, 2.24) is 19.9 Å². The first-order valence-corrected chi connectivity index (χ1v) is 7.71. The van der Waals surface area contributed by atoms with E-state index in [4.69, 9.17) is 0 Å². The van der Waals surface area contributed by atoms with E-state index in [-0.39, 0.29) is 17.4 Å². The molecule has 0 saturated carbocycles. The third-order valence-electron chi connectivity index (χ3n) is 4.26. The first-order chi connectivity index (χ1) is 10.4. The van der Waals surface area contributed by atoms with Crippen LogP contribution in [-0.2, 0) is 5.41 Å². The Morgan fingerprint density at radius 2 is 1.95 bits per heavy atom. The number of benzene rings is 1. The molecule has 2 heterocycles. The van der Waals surface area contributed by atoms with Gasteiger partial charge < -0.3 is 4.90 Å². The molecule has 1 amide bonds. The van der Waals surface area contributed by atoms with Crippen LogP contribution in [0.2, 0.25) is 0 Å². The Kier molecular flexibility index (Phi) is 3.72. The second kappa shape index (κ2) is 5.55. The maximum absolute atomic E-state index is 12.6. The first-order valence-electron chi connectivity index (χ1n) is 7.71. The van der Waals surface area contributed by atoms with E-state index in [0.29, 0.717) is 6.54 Å². The molecule has 3 rings (SSSR count). The van der Waals surface area contributed by atoms with Gasteiger partial charge in [0.25, 0.3) is 5.91 Å². The number of nitrogens with zero attached hydrogens (tertiary/aromatic N) is 4. The molecular weight excluding hydrogens is 276 g/mol. The summed E-state index contributed by atoms with van der Waals surface area (Å²) in [6.45, 7) is 7.99. The molecule has 0 aliphatic carbocycles. The highest BCUT2D eigenvalue weighted by Gasteiger charge is 2.28. The smallest absolute Gasteiger partial charge is 0.253 e. The third-order valence-corrected chi connectivity index (χ3v) is 4.26. The van der Waals surface area contributed by atoms with Gasteiger partial charge in [-0.1, -0.05) is 38.1 Å². The van der Waals surface area contributed by atoms with Crippen molar-refractivity contribution in [3.05, 3.63) is 47.8 Å². The normalized spacial score (nSPS) is 18.7.